The maximum Gasteiger partial charge on any atom is 0.256 e. The number of thiophene rings is 1. The lowest BCUT2D eigenvalue weighted by Gasteiger charge is -2.14. The van der Waals surface area contributed by atoms with Crippen LogP contribution in [-0.4, -0.2) is 45.8 Å². The standard InChI is InChI=1S/C26H27N5O3S/c1-16(2)31-24-20(15-28-31)19(13-22(29-24)23-10-6-12-35-23)26(33)30-21-9-4-3-8-18(21)25(32)27-14-17-7-5-11-34-17/h3-4,6,8-10,12-13,15-17H,5,7,11,14H2,1-2H3,(H,27,32)(H,30,33). The van der Waals surface area contributed by atoms with Crippen LogP contribution < -0.4 is 10.6 Å². The van der Waals surface area contributed by atoms with Crippen LogP contribution in [0.3, 0.4) is 0 Å². The van der Waals surface area contributed by atoms with Gasteiger partial charge in [0.1, 0.15) is 0 Å². The molecule has 1 aliphatic rings. The summed E-state index contributed by atoms with van der Waals surface area (Å²) in [5.74, 6) is -0.568. The number of carbonyl (C=O) groups is 2. The molecule has 4 aromatic rings. The van der Waals surface area contributed by atoms with Crippen LogP contribution >= 0.6 is 11.3 Å². The first-order valence-electron chi connectivity index (χ1n) is 11.7. The second-order valence-corrected chi connectivity index (χ2v) is 9.74. The van der Waals surface area contributed by atoms with Crippen LogP contribution in [-0.2, 0) is 4.74 Å². The number of amides is 2. The van der Waals surface area contributed by atoms with Gasteiger partial charge in [-0.05, 0) is 56.3 Å². The number of rotatable bonds is 7. The van der Waals surface area contributed by atoms with Gasteiger partial charge in [0, 0.05) is 19.2 Å². The highest BCUT2D eigenvalue weighted by molar-refractivity contribution is 7.13. The molecule has 0 aliphatic carbocycles. The van der Waals surface area contributed by atoms with Crippen molar-refractivity contribution in [3.63, 3.8) is 0 Å². The molecule has 1 atom stereocenters. The van der Waals surface area contributed by atoms with Gasteiger partial charge >= 0.3 is 0 Å². The molecule has 2 amide bonds. The Balaban J connectivity index is 1.46. The van der Waals surface area contributed by atoms with E-state index in [0.717, 1.165) is 24.3 Å². The van der Waals surface area contributed by atoms with Gasteiger partial charge in [-0.15, -0.1) is 11.3 Å². The van der Waals surface area contributed by atoms with Gasteiger partial charge in [-0.2, -0.15) is 5.10 Å². The molecule has 5 rings (SSSR count). The van der Waals surface area contributed by atoms with Crippen molar-refractivity contribution < 1.29 is 14.3 Å². The van der Waals surface area contributed by atoms with Crippen molar-refractivity contribution >= 4 is 39.9 Å². The van der Waals surface area contributed by atoms with E-state index in [0.29, 0.717) is 40.1 Å². The van der Waals surface area contributed by atoms with Crippen molar-refractivity contribution in [3.8, 4) is 10.6 Å². The van der Waals surface area contributed by atoms with Gasteiger partial charge in [0.15, 0.2) is 5.65 Å². The number of hydrogen-bond acceptors (Lipinski definition) is 6. The van der Waals surface area contributed by atoms with Crippen LogP contribution in [0.25, 0.3) is 21.6 Å². The second-order valence-electron chi connectivity index (χ2n) is 8.80. The van der Waals surface area contributed by atoms with Gasteiger partial charge in [-0.25, -0.2) is 9.67 Å². The Labute approximate surface area is 207 Å². The molecule has 2 N–H and O–H groups in total. The number of benzene rings is 1. The number of nitrogens with one attached hydrogen (secondary N) is 2. The zero-order valence-corrected chi connectivity index (χ0v) is 20.5. The number of fused-ring (bicyclic) bond motifs is 1. The Morgan fingerprint density at radius 3 is 2.77 bits per heavy atom. The van der Waals surface area contributed by atoms with Crippen molar-refractivity contribution in [3.05, 3.63) is 65.2 Å². The quantitative estimate of drug-likeness (QED) is 0.385. The Kier molecular flexibility index (Phi) is 6.61. The highest BCUT2D eigenvalue weighted by atomic mass is 32.1. The smallest absolute Gasteiger partial charge is 0.256 e. The average molecular weight is 490 g/mol. The predicted octanol–water partition coefficient (Wildman–Crippen LogP) is 4.90. The minimum Gasteiger partial charge on any atom is -0.376 e. The van der Waals surface area contributed by atoms with Gasteiger partial charge in [-0.3, -0.25) is 9.59 Å². The molecule has 1 aliphatic heterocycles. The number of para-hydroxylation sites is 1. The third kappa shape index (κ3) is 4.82. The zero-order valence-electron chi connectivity index (χ0n) is 19.7. The molecule has 1 aromatic carbocycles. The van der Waals surface area contributed by atoms with Gasteiger partial charge in [0.2, 0.25) is 0 Å². The van der Waals surface area contributed by atoms with E-state index in [4.69, 9.17) is 9.72 Å². The monoisotopic (exact) mass is 489 g/mol. The molecule has 1 unspecified atom stereocenters. The number of pyridine rings is 1. The number of anilines is 1. The van der Waals surface area contributed by atoms with Crippen LogP contribution in [0.2, 0.25) is 0 Å². The highest BCUT2D eigenvalue weighted by Crippen LogP contribution is 2.29. The normalized spacial score (nSPS) is 15.6. The van der Waals surface area contributed by atoms with E-state index in [-0.39, 0.29) is 24.0 Å². The number of carbonyl (C=O) groups excluding carboxylic acids is 2. The largest absolute Gasteiger partial charge is 0.376 e. The number of aromatic nitrogens is 3. The number of hydrogen-bond donors (Lipinski definition) is 2. The molecule has 35 heavy (non-hydrogen) atoms. The van der Waals surface area contributed by atoms with Crippen LogP contribution in [0, 0.1) is 0 Å². The van der Waals surface area contributed by atoms with Crippen molar-refractivity contribution in [1.29, 1.82) is 0 Å². The third-order valence-corrected chi connectivity index (χ3v) is 6.90. The highest BCUT2D eigenvalue weighted by Gasteiger charge is 2.22. The molecule has 0 spiro atoms. The molecule has 0 saturated carbocycles. The Morgan fingerprint density at radius 1 is 1.17 bits per heavy atom. The lowest BCUT2D eigenvalue weighted by molar-refractivity contribution is 0.0858. The van der Waals surface area contributed by atoms with Crippen molar-refractivity contribution in [2.45, 2.75) is 38.8 Å². The molecule has 4 heterocycles. The predicted molar refractivity (Wildman–Crippen MR) is 137 cm³/mol. The molecule has 8 nitrogen and oxygen atoms in total. The first-order chi connectivity index (χ1) is 17.0. The van der Waals surface area contributed by atoms with E-state index in [1.165, 1.54) is 0 Å². The molecule has 0 bridgehead atoms. The van der Waals surface area contributed by atoms with E-state index in [1.54, 1.807) is 47.9 Å². The fourth-order valence-corrected chi connectivity index (χ4v) is 4.91. The van der Waals surface area contributed by atoms with Gasteiger partial charge in [-0.1, -0.05) is 18.2 Å². The summed E-state index contributed by atoms with van der Waals surface area (Å²) in [4.78, 5) is 32.2. The van der Waals surface area contributed by atoms with Gasteiger partial charge in [0.05, 0.1) is 45.1 Å². The van der Waals surface area contributed by atoms with E-state index < -0.39 is 0 Å². The molecule has 0 radical (unpaired) electrons. The fourth-order valence-electron chi connectivity index (χ4n) is 4.22. The fraction of sp³-hybridized carbons (Fsp3) is 0.308. The number of nitrogens with zero attached hydrogens (tertiary/aromatic N) is 3. The number of ether oxygens (including phenoxy) is 1. The van der Waals surface area contributed by atoms with Crippen LogP contribution in [0.1, 0.15) is 53.4 Å². The molecular formula is C26H27N5O3S. The summed E-state index contributed by atoms with van der Waals surface area (Å²) in [6, 6.07) is 12.8. The average Bonchev–Trinajstić information content (AvgIpc) is 3.63. The second kappa shape index (κ2) is 9.97. The Bertz CT molecular complexity index is 1360. The van der Waals surface area contributed by atoms with Gasteiger partial charge < -0.3 is 15.4 Å². The maximum atomic E-state index is 13.5. The van der Waals surface area contributed by atoms with Crippen LogP contribution in [0.5, 0.6) is 0 Å². The molecule has 1 fully saturated rings. The summed E-state index contributed by atoms with van der Waals surface area (Å²) in [7, 11) is 0. The van der Waals surface area contributed by atoms with E-state index in [9.17, 15) is 9.59 Å². The lowest BCUT2D eigenvalue weighted by Crippen LogP contribution is -2.32. The summed E-state index contributed by atoms with van der Waals surface area (Å²) < 4.78 is 7.41. The summed E-state index contributed by atoms with van der Waals surface area (Å²) in [5, 5.41) is 13.0. The first kappa shape index (κ1) is 23.2. The summed E-state index contributed by atoms with van der Waals surface area (Å²) in [6.45, 7) is 5.23. The summed E-state index contributed by atoms with van der Waals surface area (Å²) in [5.41, 5.74) is 2.67. The van der Waals surface area contributed by atoms with E-state index in [1.807, 2.05) is 36.0 Å². The zero-order chi connectivity index (χ0) is 24.4. The minimum absolute atomic E-state index is 0.0407. The molecular weight excluding hydrogens is 462 g/mol. The van der Waals surface area contributed by atoms with Crippen molar-refractivity contribution in [2.75, 3.05) is 18.5 Å². The summed E-state index contributed by atoms with van der Waals surface area (Å²) in [6.07, 6.45) is 3.66. The molecule has 3 aromatic heterocycles. The van der Waals surface area contributed by atoms with Gasteiger partial charge in [0.25, 0.3) is 11.8 Å². The topological polar surface area (TPSA) is 98.1 Å². The lowest BCUT2D eigenvalue weighted by atomic mass is 10.1. The van der Waals surface area contributed by atoms with Crippen LogP contribution in [0.4, 0.5) is 5.69 Å². The Morgan fingerprint density at radius 2 is 2.03 bits per heavy atom. The van der Waals surface area contributed by atoms with Crippen molar-refractivity contribution in [1.82, 2.24) is 20.1 Å². The SMILES string of the molecule is CC(C)n1ncc2c(C(=O)Nc3ccccc3C(=O)NCC3CCCO3)cc(-c3cccs3)nc21. The van der Waals surface area contributed by atoms with Crippen LogP contribution in [0.15, 0.2) is 54.0 Å². The minimum atomic E-state index is -0.321. The Hall–Kier alpha value is -3.56. The first-order valence-corrected chi connectivity index (χ1v) is 12.6. The maximum absolute atomic E-state index is 13.5. The van der Waals surface area contributed by atoms with E-state index in [2.05, 4.69) is 15.7 Å². The summed E-state index contributed by atoms with van der Waals surface area (Å²) >= 11 is 1.56. The van der Waals surface area contributed by atoms with Crippen molar-refractivity contribution in [2.24, 2.45) is 0 Å². The molecule has 9 heteroatoms. The molecule has 1 saturated heterocycles. The van der Waals surface area contributed by atoms with E-state index >= 15 is 0 Å². The molecule has 180 valence electrons. The third-order valence-electron chi connectivity index (χ3n) is 6.01.